The van der Waals surface area contributed by atoms with Gasteiger partial charge in [0.15, 0.2) is 0 Å². The van der Waals surface area contributed by atoms with Gasteiger partial charge in [0, 0.05) is 0 Å². The SMILES string of the molecule is O=C([O-])CNOCl.O=C([O-])CNOCl.O=C([O-])CNOCl.[Al+3]. The minimum absolute atomic E-state index is 0. The molecule has 0 fully saturated rings. The summed E-state index contributed by atoms with van der Waals surface area (Å²) >= 11 is 13.6. The molecule has 0 aromatic heterocycles. The maximum absolute atomic E-state index is 9.45. The Morgan fingerprint density at radius 1 is 0.682 bits per heavy atom. The van der Waals surface area contributed by atoms with Gasteiger partial charge in [-0.25, -0.2) is 0 Å². The largest absolute Gasteiger partial charge is 3.00 e. The Labute approximate surface area is 150 Å². The molecule has 0 rings (SSSR count). The molecule has 0 saturated carbocycles. The Morgan fingerprint density at radius 2 is 0.864 bits per heavy atom. The summed E-state index contributed by atoms with van der Waals surface area (Å²) in [6.07, 6.45) is 0. The molecular weight excluding hydrogens is 391 g/mol. The number of aliphatic carboxylic acids is 3. The van der Waals surface area contributed by atoms with Crippen LogP contribution in [0.25, 0.3) is 0 Å². The van der Waals surface area contributed by atoms with Gasteiger partial charge in [0.1, 0.15) is 0 Å². The van der Waals surface area contributed by atoms with Crippen LogP contribution < -0.4 is 31.8 Å². The van der Waals surface area contributed by atoms with Crippen molar-refractivity contribution in [2.24, 2.45) is 0 Å². The standard InChI is InChI=1S/3C2H4ClNO3.Al/c3*3-7-4-1-2(5)6;/h3*4H,1H2,(H,5,6);/q;;;+3/p-3. The zero-order valence-corrected chi connectivity index (χ0v) is 13.9. The van der Waals surface area contributed by atoms with Crippen LogP contribution in [0.4, 0.5) is 0 Å². The fraction of sp³-hybridized carbons (Fsp3) is 0.500. The molecule has 0 aromatic rings. The normalized spacial score (nSPS) is 8.32. The zero-order chi connectivity index (χ0) is 17.1. The van der Waals surface area contributed by atoms with Crippen LogP contribution in [-0.2, 0) is 27.6 Å². The topological polar surface area (TPSA) is 184 Å². The number of carbonyl (C=O) groups is 3. The van der Waals surface area contributed by atoms with E-state index in [1.54, 1.807) is 0 Å². The number of rotatable bonds is 9. The van der Waals surface area contributed by atoms with Gasteiger partial charge in [-0.3, -0.25) is 0 Å². The Morgan fingerprint density at radius 3 is 0.909 bits per heavy atom. The van der Waals surface area contributed by atoms with Gasteiger partial charge in [-0.15, -0.1) is 0 Å². The third kappa shape index (κ3) is 50.4. The van der Waals surface area contributed by atoms with Crippen LogP contribution in [0.15, 0.2) is 0 Å². The molecule has 0 heterocycles. The van der Waals surface area contributed by atoms with E-state index in [0.29, 0.717) is 0 Å². The molecule has 0 aliphatic rings. The summed E-state index contributed by atoms with van der Waals surface area (Å²) in [5.41, 5.74) is 5.55. The Kier molecular flexibility index (Phi) is 34.3. The molecule has 0 aliphatic carbocycles. The number of hydrogen-bond donors (Lipinski definition) is 3. The molecule has 16 heteroatoms. The van der Waals surface area contributed by atoms with E-state index in [4.69, 9.17) is 0 Å². The number of hydroxylamine groups is 3. The second kappa shape index (κ2) is 25.5. The van der Waals surface area contributed by atoms with Crippen molar-refractivity contribution < 1.29 is 42.9 Å². The van der Waals surface area contributed by atoms with E-state index in [2.05, 4.69) is 48.8 Å². The molecule has 0 saturated heterocycles. The maximum Gasteiger partial charge on any atom is 3.00 e. The van der Waals surface area contributed by atoms with Crippen molar-refractivity contribution in [2.45, 2.75) is 0 Å². The van der Waals surface area contributed by atoms with Crippen LogP contribution in [0.2, 0.25) is 0 Å². The molecule has 0 unspecified atom stereocenters. The molecule has 3 N–H and O–H groups in total. The fourth-order valence-electron chi connectivity index (χ4n) is 0.259. The number of halogens is 3. The monoisotopic (exact) mass is 399 g/mol. The van der Waals surface area contributed by atoms with Gasteiger partial charge in [-0.2, -0.15) is 29.6 Å². The van der Waals surface area contributed by atoms with Gasteiger partial charge in [-0.05, 0) is 0 Å². The average molecular weight is 400 g/mol. The average Bonchev–Trinajstić information content (AvgIpc) is 2.41. The van der Waals surface area contributed by atoms with E-state index in [1.807, 2.05) is 16.4 Å². The number of carboxylic acid groups (broad SMARTS) is 3. The molecule has 0 aromatic carbocycles. The zero-order valence-electron chi connectivity index (χ0n) is 10.5. The van der Waals surface area contributed by atoms with E-state index in [-0.39, 0.29) is 17.4 Å². The predicted molar refractivity (Wildman–Crippen MR) is 65.6 cm³/mol. The molecule has 0 bridgehead atoms. The molecule has 22 heavy (non-hydrogen) atoms. The van der Waals surface area contributed by atoms with Crippen LogP contribution in [0.3, 0.4) is 0 Å². The van der Waals surface area contributed by atoms with Crippen molar-refractivity contribution in [3.8, 4) is 0 Å². The van der Waals surface area contributed by atoms with Crippen molar-refractivity contribution in [2.75, 3.05) is 19.6 Å². The summed E-state index contributed by atoms with van der Waals surface area (Å²) in [5.74, 6) is -3.79. The third-order valence-corrected chi connectivity index (χ3v) is 1.14. The van der Waals surface area contributed by atoms with Gasteiger partial charge in [0.05, 0.1) is 73.1 Å². The van der Waals surface area contributed by atoms with Crippen molar-refractivity contribution in [1.82, 2.24) is 16.4 Å². The molecule has 12 nitrogen and oxygen atoms in total. The third-order valence-electron chi connectivity index (χ3n) is 0.813. The minimum Gasteiger partial charge on any atom is -0.549 e. The molecule has 0 aliphatic heterocycles. The molecule has 0 amide bonds. The quantitative estimate of drug-likeness (QED) is 0.247. The van der Waals surface area contributed by atoms with Crippen molar-refractivity contribution in [3.63, 3.8) is 0 Å². The van der Waals surface area contributed by atoms with Crippen LogP contribution in [0, 0.1) is 0 Å². The molecule has 0 spiro atoms. The Bertz CT molecular complexity index is 247. The summed E-state index contributed by atoms with van der Waals surface area (Å²) < 4.78 is 11.0. The summed E-state index contributed by atoms with van der Waals surface area (Å²) in [6.45, 7) is -1.20. The van der Waals surface area contributed by atoms with Crippen molar-refractivity contribution in [3.05, 3.63) is 0 Å². The van der Waals surface area contributed by atoms with Gasteiger partial charge in [0.25, 0.3) is 0 Å². The molecule has 126 valence electrons. The Balaban J connectivity index is -0.000000108. The summed E-state index contributed by atoms with van der Waals surface area (Å²) in [7, 11) is 0. The van der Waals surface area contributed by atoms with E-state index < -0.39 is 37.5 Å². The van der Waals surface area contributed by atoms with Gasteiger partial charge in [-0.1, -0.05) is 0 Å². The maximum atomic E-state index is 9.45. The van der Waals surface area contributed by atoms with Crippen LogP contribution >= 0.6 is 35.6 Å². The number of nitrogens with one attached hydrogen (secondary N) is 3. The fourth-order valence-corrected chi connectivity index (χ4v) is 0.422. The van der Waals surface area contributed by atoms with Crippen LogP contribution in [-0.4, -0.2) is 54.9 Å². The van der Waals surface area contributed by atoms with Crippen molar-refractivity contribution in [1.29, 1.82) is 0 Å². The van der Waals surface area contributed by atoms with E-state index in [1.165, 1.54) is 0 Å². The summed E-state index contributed by atoms with van der Waals surface area (Å²) in [6, 6.07) is 0. The first-order chi connectivity index (χ1) is 9.81. The smallest absolute Gasteiger partial charge is 0.549 e. The van der Waals surface area contributed by atoms with E-state index >= 15 is 0 Å². The summed E-state index contributed by atoms with van der Waals surface area (Å²) in [4.78, 5) is 28.3. The molecule has 0 atom stereocenters. The predicted octanol–water partition coefficient (Wildman–Crippen LogP) is -5.15. The minimum atomic E-state index is -1.26. The van der Waals surface area contributed by atoms with E-state index in [0.717, 1.165) is 0 Å². The first kappa shape index (κ1) is 29.6. The second-order valence-corrected chi connectivity index (χ2v) is 2.77. The Hall–Kier alpha value is -0.428. The molecule has 0 radical (unpaired) electrons. The van der Waals surface area contributed by atoms with Gasteiger partial charge < -0.3 is 29.7 Å². The first-order valence-corrected chi connectivity index (χ1v) is 5.35. The van der Waals surface area contributed by atoms with Gasteiger partial charge >= 0.3 is 17.4 Å². The van der Waals surface area contributed by atoms with Gasteiger partial charge in [0.2, 0.25) is 0 Å². The first-order valence-electron chi connectivity index (χ1n) is 4.42. The van der Waals surface area contributed by atoms with Crippen LogP contribution in [0.5, 0.6) is 0 Å². The van der Waals surface area contributed by atoms with Crippen molar-refractivity contribution >= 4 is 70.9 Å². The van der Waals surface area contributed by atoms with E-state index in [9.17, 15) is 29.7 Å². The summed E-state index contributed by atoms with van der Waals surface area (Å²) in [5, 5.41) is 28.3. The number of carbonyl (C=O) groups excluding carboxylic acids is 3. The number of carboxylic acids is 3. The second-order valence-electron chi connectivity index (χ2n) is 2.31. The molecular formula is C6H9AlCl3N3O9. The van der Waals surface area contributed by atoms with Crippen LogP contribution in [0.1, 0.15) is 0 Å². The number of hydrogen-bond acceptors (Lipinski definition) is 12.